The van der Waals surface area contributed by atoms with E-state index in [-0.39, 0.29) is 16.5 Å². The lowest BCUT2D eigenvalue weighted by molar-refractivity contribution is -0.137. The molecule has 1 fully saturated rings. The summed E-state index contributed by atoms with van der Waals surface area (Å²) in [6.07, 6.45) is -3.73. The Kier molecular flexibility index (Phi) is 4.25. The van der Waals surface area contributed by atoms with Crippen molar-refractivity contribution in [2.75, 3.05) is 19.6 Å². The van der Waals surface area contributed by atoms with Gasteiger partial charge in [0.05, 0.1) is 16.1 Å². The normalized spacial score (nSPS) is 19.4. The molecule has 1 amide bonds. The number of carbonyl (C=O) groups is 1. The second-order valence-electron chi connectivity index (χ2n) is 4.83. The third-order valence-corrected chi connectivity index (χ3v) is 3.76. The Morgan fingerprint density at radius 2 is 2.15 bits per heavy atom. The first kappa shape index (κ1) is 15.1. The summed E-state index contributed by atoms with van der Waals surface area (Å²) in [4.78, 5) is 13.7. The van der Waals surface area contributed by atoms with Crippen LogP contribution in [0.25, 0.3) is 0 Å². The molecule has 2 rings (SSSR count). The number of likely N-dealkylation sites (tertiary alicyclic amines) is 1. The summed E-state index contributed by atoms with van der Waals surface area (Å²) in [6.45, 7) is 1.41. The maximum Gasteiger partial charge on any atom is 0.416 e. The molecule has 1 aromatic carbocycles. The van der Waals surface area contributed by atoms with Gasteiger partial charge in [-0.2, -0.15) is 13.2 Å². The SMILES string of the molecule is NC[C@@H]1CCN(C(=O)c2cc(C(F)(F)F)ccc2Cl)C1. The molecule has 0 saturated carbocycles. The van der Waals surface area contributed by atoms with Crippen molar-refractivity contribution >= 4 is 17.5 Å². The molecule has 7 heteroatoms. The number of nitrogens with two attached hydrogens (primary N) is 1. The van der Waals surface area contributed by atoms with Gasteiger partial charge in [-0.15, -0.1) is 0 Å². The van der Waals surface area contributed by atoms with Crippen LogP contribution in [0.5, 0.6) is 0 Å². The number of hydrogen-bond donors (Lipinski definition) is 1. The fourth-order valence-electron chi connectivity index (χ4n) is 2.25. The van der Waals surface area contributed by atoms with E-state index in [0.29, 0.717) is 19.6 Å². The second-order valence-corrected chi connectivity index (χ2v) is 5.24. The minimum absolute atomic E-state index is 0.0270. The Bertz CT molecular complexity index is 519. The van der Waals surface area contributed by atoms with E-state index in [0.717, 1.165) is 24.6 Å². The van der Waals surface area contributed by atoms with Crippen molar-refractivity contribution in [3.05, 3.63) is 34.3 Å². The van der Waals surface area contributed by atoms with E-state index in [1.54, 1.807) is 0 Å². The van der Waals surface area contributed by atoms with E-state index >= 15 is 0 Å². The van der Waals surface area contributed by atoms with Crippen molar-refractivity contribution in [3.63, 3.8) is 0 Å². The zero-order chi connectivity index (χ0) is 14.9. The van der Waals surface area contributed by atoms with Gasteiger partial charge in [0.25, 0.3) is 5.91 Å². The van der Waals surface area contributed by atoms with Gasteiger partial charge in [-0.3, -0.25) is 4.79 Å². The van der Waals surface area contributed by atoms with Crippen LogP contribution in [-0.4, -0.2) is 30.4 Å². The first-order valence-electron chi connectivity index (χ1n) is 6.19. The third kappa shape index (κ3) is 3.07. The van der Waals surface area contributed by atoms with Crippen molar-refractivity contribution < 1.29 is 18.0 Å². The Morgan fingerprint density at radius 3 is 2.70 bits per heavy atom. The number of alkyl halides is 3. The Labute approximate surface area is 119 Å². The average molecular weight is 307 g/mol. The Morgan fingerprint density at radius 1 is 1.45 bits per heavy atom. The van der Waals surface area contributed by atoms with Crippen molar-refractivity contribution in [2.24, 2.45) is 11.7 Å². The summed E-state index contributed by atoms with van der Waals surface area (Å²) < 4.78 is 38.0. The number of halogens is 4. The second kappa shape index (κ2) is 5.61. The van der Waals surface area contributed by atoms with Crippen LogP contribution in [0.4, 0.5) is 13.2 Å². The van der Waals surface area contributed by atoms with Gasteiger partial charge < -0.3 is 10.6 Å². The number of hydrogen-bond acceptors (Lipinski definition) is 2. The molecule has 1 aliphatic rings. The number of nitrogens with zero attached hydrogens (tertiary/aromatic N) is 1. The van der Waals surface area contributed by atoms with Crippen molar-refractivity contribution in [2.45, 2.75) is 12.6 Å². The summed E-state index contributed by atoms with van der Waals surface area (Å²) in [5.41, 5.74) is 4.55. The molecule has 0 unspecified atom stereocenters. The van der Waals surface area contributed by atoms with Crippen LogP contribution < -0.4 is 5.73 Å². The third-order valence-electron chi connectivity index (χ3n) is 3.43. The fraction of sp³-hybridized carbons (Fsp3) is 0.462. The van der Waals surface area contributed by atoms with Gasteiger partial charge in [-0.25, -0.2) is 0 Å². The lowest BCUT2D eigenvalue weighted by Gasteiger charge is -2.18. The maximum atomic E-state index is 12.7. The average Bonchev–Trinajstić information content (AvgIpc) is 2.86. The zero-order valence-corrected chi connectivity index (χ0v) is 11.3. The predicted molar refractivity (Wildman–Crippen MR) is 69.5 cm³/mol. The highest BCUT2D eigenvalue weighted by atomic mass is 35.5. The molecule has 0 aliphatic carbocycles. The van der Waals surface area contributed by atoms with Crippen LogP contribution >= 0.6 is 11.6 Å². The number of amides is 1. The molecule has 1 aliphatic heterocycles. The van der Waals surface area contributed by atoms with Gasteiger partial charge in [0.2, 0.25) is 0 Å². The standard InChI is InChI=1S/C13H14ClF3N2O/c14-11-2-1-9(13(15,16)17)5-10(11)12(20)19-4-3-8(6-18)7-19/h1-2,5,8H,3-4,6-7,18H2/t8-/m0/s1. The van der Waals surface area contributed by atoms with Gasteiger partial charge in [-0.05, 0) is 37.1 Å². The summed E-state index contributed by atoms with van der Waals surface area (Å²) in [5.74, 6) is -0.277. The highest BCUT2D eigenvalue weighted by molar-refractivity contribution is 6.33. The molecule has 20 heavy (non-hydrogen) atoms. The molecule has 1 atom stereocenters. The zero-order valence-electron chi connectivity index (χ0n) is 10.6. The molecule has 3 nitrogen and oxygen atoms in total. The van der Waals surface area contributed by atoms with Gasteiger partial charge >= 0.3 is 6.18 Å². The molecular weight excluding hydrogens is 293 g/mol. The van der Waals surface area contributed by atoms with Crippen molar-refractivity contribution in [3.8, 4) is 0 Å². The molecule has 2 N–H and O–H groups in total. The molecule has 0 bridgehead atoms. The van der Waals surface area contributed by atoms with E-state index in [4.69, 9.17) is 17.3 Å². The fourth-order valence-corrected chi connectivity index (χ4v) is 2.44. The smallest absolute Gasteiger partial charge is 0.338 e. The van der Waals surface area contributed by atoms with E-state index < -0.39 is 17.6 Å². The predicted octanol–water partition coefficient (Wildman–Crippen LogP) is 2.78. The van der Waals surface area contributed by atoms with E-state index in [9.17, 15) is 18.0 Å². The van der Waals surface area contributed by atoms with Crippen LogP contribution in [0.2, 0.25) is 5.02 Å². The molecule has 1 aromatic rings. The van der Waals surface area contributed by atoms with Crippen LogP contribution in [0, 0.1) is 5.92 Å². The molecule has 1 saturated heterocycles. The van der Waals surface area contributed by atoms with Gasteiger partial charge in [0.1, 0.15) is 0 Å². The largest absolute Gasteiger partial charge is 0.416 e. The minimum Gasteiger partial charge on any atom is -0.338 e. The monoisotopic (exact) mass is 306 g/mol. The minimum atomic E-state index is -4.50. The van der Waals surface area contributed by atoms with E-state index in [1.807, 2.05) is 0 Å². The van der Waals surface area contributed by atoms with Gasteiger partial charge in [0.15, 0.2) is 0 Å². The summed E-state index contributed by atoms with van der Waals surface area (Å²) in [6, 6.07) is 2.78. The highest BCUT2D eigenvalue weighted by Gasteiger charge is 2.33. The highest BCUT2D eigenvalue weighted by Crippen LogP contribution is 2.32. The molecule has 0 aromatic heterocycles. The summed E-state index contributed by atoms with van der Waals surface area (Å²) >= 11 is 5.85. The van der Waals surface area contributed by atoms with Crippen LogP contribution in [0.3, 0.4) is 0 Å². The van der Waals surface area contributed by atoms with Gasteiger partial charge in [0, 0.05) is 13.1 Å². The molecule has 110 valence electrons. The number of rotatable bonds is 2. The quantitative estimate of drug-likeness (QED) is 0.913. The van der Waals surface area contributed by atoms with Crippen LogP contribution in [0.1, 0.15) is 22.3 Å². The molecule has 0 radical (unpaired) electrons. The van der Waals surface area contributed by atoms with Crippen molar-refractivity contribution in [1.29, 1.82) is 0 Å². The Hall–Kier alpha value is -1.27. The number of carbonyl (C=O) groups excluding carboxylic acids is 1. The Balaban J connectivity index is 2.26. The van der Waals surface area contributed by atoms with E-state index in [2.05, 4.69) is 0 Å². The summed E-state index contributed by atoms with van der Waals surface area (Å²) in [7, 11) is 0. The lowest BCUT2D eigenvalue weighted by atomic mass is 10.1. The summed E-state index contributed by atoms with van der Waals surface area (Å²) in [5, 5.41) is 0.0270. The van der Waals surface area contributed by atoms with Crippen LogP contribution in [-0.2, 0) is 6.18 Å². The first-order chi connectivity index (χ1) is 9.32. The topological polar surface area (TPSA) is 46.3 Å². The maximum absolute atomic E-state index is 12.7. The van der Waals surface area contributed by atoms with Crippen molar-refractivity contribution in [1.82, 2.24) is 4.90 Å². The first-order valence-corrected chi connectivity index (χ1v) is 6.57. The van der Waals surface area contributed by atoms with Gasteiger partial charge in [-0.1, -0.05) is 11.6 Å². The number of benzene rings is 1. The molecular formula is C13H14ClF3N2O. The van der Waals surface area contributed by atoms with E-state index in [1.165, 1.54) is 4.90 Å². The van der Waals surface area contributed by atoms with Crippen LogP contribution in [0.15, 0.2) is 18.2 Å². The lowest BCUT2D eigenvalue weighted by Crippen LogP contribution is -2.30. The molecule has 1 heterocycles. The molecule has 0 spiro atoms.